The van der Waals surface area contributed by atoms with Gasteiger partial charge in [-0.2, -0.15) is 4.98 Å². The van der Waals surface area contributed by atoms with Crippen molar-refractivity contribution in [3.05, 3.63) is 29.6 Å². The molecule has 1 atom stereocenters. The fourth-order valence-corrected chi connectivity index (χ4v) is 2.53. The molecule has 5 nitrogen and oxygen atoms in total. The van der Waals surface area contributed by atoms with Crippen LogP contribution in [0, 0.1) is 12.7 Å². The van der Waals surface area contributed by atoms with Crippen LogP contribution in [0.5, 0.6) is 0 Å². The van der Waals surface area contributed by atoms with Crippen LogP contribution in [-0.2, 0) is 0 Å². The number of H-pyrrole nitrogens is 1. The highest BCUT2D eigenvalue weighted by atomic mass is 19.1. The molecule has 1 aromatic carbocycles. The van der Waals surface area contributed by atoms with Gasteiger partial charge in [0.05, 0.1) is 5.56 Å². The molecule has 3 rings (SSSR count). The molecule has 6 heteroatoms. The predicted molar refractivity (Wildman–Crippen MR) is 75.9 cm³/mol. The van der Waals surface area contributed by atoms with Crippen LogP contribution >= 0.6 is 0 Å². The Hall–Kier alpha value is -1.95. The molecule has 20 heavy (non-hydrogen) atoms. The van der Waals surface area contributed by atoms with Gasteiger partial charge in [-0.3, -0.25) is 5.10 Å². The Morgan fingerprint density at radius 3 is 3.10 bits per heavy atom. The lowest BCUT2D eigenvalue weighted by Crippen LogP contribution is -2.43. The molecule has 1 saturated heterocycles. The number of hydrogen-bond donors (Lipinski definition) is 2. The lowest BCUT2D eigenvalue weighted by molar-refractivity contribution is 0.500. The molecule has 1 aliphatic heterocycles. The van der Waals surface area contributed by atoms with Crippen molar-refractivity contribution in [3.63, 3.8) is 0 Å². The van der Waals surface area contributed by atoms with Gasteiger partial charge in [0.2, 0.25) is 5.95 Å². The van der Waals surface area contributed by atoms with Crippen molar-refractivity contribution in [2.75, 3.05) is 18.0 Å². The summed E-state index contributed by atoms with van der Waals surface area (Å²) in [5.74, 6) is 0.755. The second-order valence-corrected chi connectivity index (χ2v) is 5.32. The maximum Gasteiger partial charge on any atom is 0.245 e. The third-order valence-corrected chi connectivity index (χ3v) is 3.59. The summed E-state index contributed by atoms with van der Waals surface area (Å²) in [4.78, 5) is 6.45. The van der Waals surface area contributed by atoms with Gasteiger partial charge in [0.25, 0.3) is 0 Å². The van der Waals surface area contributed by atoms with Gasteiger partial charge in [-0.1, -0.05) is 11.6 Å². The van der Waals surface area contributed by atoms with E-state index in [2.05, 4.69) is 15.2 Å². The topological polar surface area (TPSA) is 70.8 Å². The van der Waals surface area contributed by atoms with E-state index in [1.54, 1.807) is 12.1 Å². The van der Waals surface area contributed by atoms with Crippen LogP contribution in [0.1, 0.15) is 18.4 Å². The van der Waals surface area contributed by atoms with Crippen LogP contribution in [0.2, 0.25) is 0 Å². The number of aryl methyl sites for hydroxylation is 1. The molecule has 2 aromatic rings. The second-order valence-electron chi connectivity index (χ2n) is 5.32. The number of benzene rings is 1. The Morgan fingerprint density at radius 2 is 2.30 bits per heavy atom. The van der Waals surface area contributed by atoms with E-state index in [1.807, 2.05) is 11.8 Å². The number of rotatable bonds is 2. The number of piperidine rings is 1. The lowest BCUT2D eigenvalue weighted by Gasteiger charge is -2.29. The molecule has 0 amide bonds. The van der Waals surface area contributed by atoms with Crippen molar-refractivity contribution < 1.29 is 4.39 Å². The number of nitrogens with zero attached hydrogens (tertiary/aromatic N) is 3. The van der Waals surface area contributed by atoms with E-state index < -0.39 is 0 Å². The molecule has 0 radical (unpaired) electrons. The molecule has 1 unspecified atom stereocenters. The normalized spacial score (nSPS) is 19.4. The average molecular weight is 275 g/mol. The van der Waals surface area contributed by atoms with E-state index in [9.17, 15) is 4.39 Å². The van der Waals surface area contributed by atoms with Crippen LogP contribution < -0.4 is 10.6 Å². The number of aromatic nitrogens is 3. The number of halogens is 1. The van der Waals surface area contributed by atoms with Crippen LogP contribution in [0.4, 0.5) is 10.3 Å². The number of hydrogen-bond acceptors (Lipinski definition) is 4. The minimum Gasteiger partial charge on any atom is -0.338 e. The summed E-state index contributed by atoms with van der Waals surface area (Å²) in [7, 11) is 0. The quantitative estimate of drug-likeness (QED) is 0.877. The monoisotopic (exact) mass is 275 g/mol. The van der Waals surface area contributed by atoms with E-state index in [1.165, 1.54) is 6.07 Å². The molecule has 106 valence electrons. The van der Waals surface area contributed by atoms with E-state index in [-0.39, 0.29) is 11.9 Å². The Morgan fingerprint density at radius 1 is 1.45 bits per heavy atom. The predicted octanol–water partition coefficient (Wildman–Crippen LogP) is 1.85. The van der Waals surface area contributed by atoms with Gasteiger partial charge in [0.1, 0.15) is 5.82 Å². The zero-order chi connectivity index (χ0) is 14.1. The highest BCUT2D eigenvalue weighted by Crippen LogP contribution is 2.23. The minimum atomic E-state index is -0.298. The summed E-state index contributed by atoms with van der Waals surface area (Å²) in [6.45, 7) is 3.55. The first kappa shape index (κ1) is 13.1. The van der Waals surface area contributed by atoms with E-state index in [0.29, 0.717) is 17.3 Å². The zero-order valence-corrected chi connectivity index (χ0v) is 11.4. The smallest absolute Gasteiger partial charge is 0.245 e. The van der Waals surface area contributed by atoms with Gasteiger partial charge in [-0.25, -0.2) is 4.39 Å². The number of anilines is 1. The van der Waals surface area contributed by atoms with Crippen molar-refractivity contribution >= 4 is 5.95 Å². The van der Waals surface area contributed by atoms with Gasteiger partial charge < -0.3 is 10.6 Å². The first-order valence-corrected chi connectivity index (χ1v) is 6.83. The molecule has 2 heterocycles. The fourth-order valence-electron chi connectivity index (χ4n) is 2.53. The number of nitrogens with one attached hydrogen (secondary N) is 1. The summed E-state index contributed by atoms with van der Waals surface area (Å²) in [5.41, 5.74) is 7.39. The third-order valence-electron chi connectivity index (χ3n) is 3.59. The molecule has 0 aliphatic carbocycles. The largest absolute Gasteiger partial charge is 0.338 e. The molecule has 1 aromatic heterocycles. The maximum absolute atomic E-state index is 13.8. The summed E-state index contributed by atoms with van der Waals surface area (Å²) >= 11 is 0. The molecule has 1 aliphatic rings. The van der Waals surface area contributed by atoms with Gasteiger partial charge in [0, 0.05) is 19.1 Å². The van der Waals surface area contributed by atoms with E-state index >= 15 is 0 Å². The molecule has 3 N–H and O–H groups in total. The fraction of sp³-hybridized carbons (Fsp3) is 0.429. The molecule has 1 fully saturated rings. The van der Waals surface area contributed by atoms with Crippen LogP contribution in [0.15, 0.2) is 18.2 Å². The van der Waals surface area contributed by atoms with Gasteiger partial charge in [0.15, 0.2) is 5.82 Å². The van der Waals surface area contributed by atoms with Crippen molar-refractivity contribution in [2.45, 2.75) is 25.8 Å². The Bertz CT molecular complexity index is 609. The molecule has 0 saturated carbocycles. The molecular weight excluding hydrogens is 257 g/mol. The summed E-state index contributed by atoms with van der Waals surface area (Å²) in [6, 6.07) is 5.10. The summed E-state index contributed by atoms with van der Waals surface area (Å²) < 4.78 is 13.8. The zero-order valence-electron chi connectivity index (χ0n) is 11.4. The second kappa shape index (κ2) is 5.20. The average Bonchev–Trinajstić information content (AvgIpc) is 2.91. The summed E-state index contributed by atoms with van der Waals surface area (Å²) in [5, 5.41) is 7.01. The molecular formula is C14H18FN5. The van der Waals surface area contributed by atoms with Crippen molar-refractivity contribution in [2.24, 2.45) is 5.73 Å². The van der Waals surface area contributed by atoms with Crippen LogP contribution in [-0.4, -0.2) is 34.3 Å². The van der Waals surface area contributed by atoms with Crippen LogP contribution in [0.3, 0.4) is 0 Å². The van der Waals surface area contributed by atoms with Crippen LogP contribution in [0.25, 0.3) is 11.4 Å². The van der Waals surface area contributed by atoms with E-state index in [0.717, 1.165) is 31.5 Å². The van der Waals surface area contributed by atoms with Gasteiger partial charge in [-0.15, -0.1) is 5.10 Å². The molecule has 0 spiro atoms. The van der Waals surface area contributed by atoms with Crippen molar-refractivity contribution in [1.82, 2.24) is 15.2 Å². The maximum atomic E-state index is 13.8. The number of nitrogens with two attached hydrogens (primary N) is 1. The SMILES string of the molecule is Cc1ccc(F)c(-c2nc(N3CCCC(N)C3)n[nH]2)c1. The van der Waals surface area contributed by atoms with Crippen molar-refractivity contribution in [3.8, 4) is 11.4 Å². The summed E-state index contributed by atoms with van der Waals surface area (Å²) in [6.07, 6.45) is 2.06. The Balaban J connectivity index is 1.88. The van der Waals surface area contributed by atoms with Gasteiger partial charge in [-0.05, 0) is 31.9 Å². The Kier molecular flexibility index (Phi) is 3.40. The highest BCUT2D eigenvalue weighted by molar-refractivity contribution is 5.58. The van der Waals surface area contributed by atoms with Crippen molar-refractivity contribution in [1.29, 1.82) is 0 Å². The minimum absolute atomic E-state index is 0.154. The van der Waals surface area contributed by atoms with Gasteiger partial charge >= 0.3 is 0 Å². The highest BCUT2D eigenvalue weighted by Gasteiger charge is 2.21. The lowest BCUT2D eigenvalue weighted by atomic mass is 10.1. The third kappa shape index (κ3) is 2.51. The first-order valence-electron chi connectivity index (χ1n) is 6.83. The molecule has 0 bridgehead atoms. The standard InChI is InChI=1S/C14H18FN5/c1-9-4-5-12(15)11(7-9)13-17-14(19-18-13)20-6-2-3-10(16)8-20/h4-5,7,10H,2-3,6,8,16H2,1H3,(H,17,18,19). The Labute approximate surface area is 117 Å². The number of aromatic amines is 1. The first-order chi connectivity index (χ1) is 9.63. The van der Waals surface area contributed by atoms with E-state index in [4.69, 9.17) is 5.73 Å².